The van der Waals surface area contributed by atoms with E-state index in [1.807, 2.05) is 13.8 Å². The molecule has 1 amide bonds. The Balaban J connectivity index is 1.79. The van der Waals surface area contributed by atoms with E-state index in [0.29, 0.717) is 5.88 Å². The number of nitrogens with one attached hydrogen (secondary N) is 3. The number of amides is 1. The second-order valence-corrected chi connectivity index (χ2v) is 6.75. The summed E-state index contributed by atoms with van der Waals surface area (Å²) in [6.45, 7) is 3.68. The number of pyridine rings is 2. The number of anilines is 1. The fourth-order valence-corrected chi connectivity index (χ4v) is 2.69. The topological polar surface area (TPSA) is 115 Å². The molecule has 0 saturated carbocycles. The molecule has 0 bridgehead atoms. The first-order valence-corrected chi connectivity index (χ1v) is 9.43. The van der Waals surface area contributed by atoms with Crippen LogP contribution in [0.4, 0.5) is 10.2 Å². The SMILES string of the molecule is CC(C)N(C=N)C(=N)c1cccc(NC(=O)c2cc(Oc3ccccn3)ccc2F)n1. The van der Waals surface area contributed by atoms with Crippen molar-refractivity contribution in [2.45, 2.75) is 19.9 Å². The monoisotopic (exact) mass is 420 g/mol. The van der Waals surface area contributed by atoms with Crippen LogP contribution in [-0.2, 0) is 0 Å². The van der Waals surface area contributed by atoms with Crippen LogP contribution in [0.15, 0.2) is 60.8 Å². The molecule has 0 aliphatic rings. The van der Waals surface area contributed by atoms with Gasteiger partial charge in [0.05, 0.1) is 11.9 Å². The largest absolute Gasteiger partial charge is 0.439 e. The van der Waals surface area contributed by atoms with Crippen molar-refractivity contribution in [3.8, 4) is 11.6 Å². The third-order valence-corrected chi connectivity index (χ3v) is 4.23. The predicted molar refractivity (Wildman–Crippen MR) is 115 cm³/mol. The van der Waals surface area contributed by atoms with Crippen LogP contribution >= 0.6 is 0 Å². The molecule has 0 fully saturated rings. The first kappa shape index (κ1) is 21.6. The molecule has 0 aliphatic carbocycles. The molecule has 9 heteroatoms. The number of aromatic nitrogens is 2. The van der Waals surface area contributed by atoms with Gasteiger partial charge < -0.3 is 15.0 Å². The number of hydrogen-bond acceptors (Lipinski definition) is 6. The van der Waals surface area contributed by atoms with Gasteiger partial charge in [-0.1, -0.05) is 12.1 Å². The Kier molecular flexibility index (Phi) is 6.66. The van der Waals surface area contributed by atoms with Crippen LogP contribution < -0.4 is 10.1 Å². The molecule has 31 heavy (non-hydrogen) atoms. The lowest BCUT2D eigenvalue weighted by atomic mass is 10.2. The zero-order valence-corrected chi connectivity index (χ0v) is 17.0. The first-order valence-electron chi connectivity index (χ1n) is 9.43. The van der Waals surface area contributed by atoms with Gasteiger partial charge in [0.25, 0.3) is 5.91 Å². The van der Waals surface area contributed by atoms with E-state index in [-0.39, 0.29) is 34.7 Å². The molecule has 0 radical (unpaired) electrons. The molecular weight excluding hydrogens is 399 g/mol. The highest BCUT2D eigenvalue weighted by Crippen LogP contribution is 2.23. The molecule has 0 unspecified atom stereocenters. The Labute approximate surface area is 178 Å². The molecule has 2 heterocycles. The number of rotatable bonds is 7. The maximum absolute atomic E-state index is 14.3. The minimum atomic E-state index is -0.718. The molecule has 0 aliphatic heterocycles. The lowest BCUT2D eigenvalue weighted by Crippen LogP contribution is -2.36. The van der Waals surface area contributed by atoms with Gasteiger partial charge in [-0.2, -0.15) is 0 Å². The van der Waals surface area contributed by atoms with E-state index in [2.05, 4.69) is 15.3 Å². The van der Waals surface area contributed by atoms with Crippen LogP contribution in [0.5, 0.6) is 11.6 Å². The number of carbonyl (C=O) groups is 1. The highest BCUT2D eigenvalue weighted by Gasteiger charge is 2.17. The van der Waals surface area contributed by atoms with E-state index in [1.54, 1.807) is 36.5 Å². The number of ether oxygens (including phenoxy) is 1. The fraction of sp³-hybridized carbons (Fsp3) is 0.136. The smallest absolute Gasteiger partial charge is 0.259 e. The molecule has 2 aromatic heterocycles. The third kappa shape index (κ3) is 5.27. The predicted octanol–water partition coefficient (Wildman–Crippen LogP) is 4.30. The Hall–Kier alpha value is -4.14. The molecule has 0 spiro atoms. The minimum absolute atomic E-state index is 0.0121. The third-order valence-electron chi connectivity index (χ3n) is 4.23. The number of amidine groups is 1. The lowest BCUT2D eigenvalue weighted by Gasteiger charge is -2.23. The quantitative estimate of drug-likeness (QED) is 0.389. The van der Waals surface area contributed by atoms with Crippen LogP contribution in [-0.4, -0.2) is 39.0 Å². The zero-order valence-electron chi connectivity index (χ0n) is 17.0. The molecule has 8 nitrogen and oxygen atoms in total. The first-order chi connectivity index (χ1) is 14.9. The number of nitrogens with zero attached hydrogens (tertiary/aromatic N) is 3. The average molecular weight is 420 g/mol. The van der Waals surface area contributed by atoms with Crippen LogP contribution in [0, 0.1) is 16.6 Å². The van der Waals surface area contributed by atoms with Gasteiger partial charge in [-0.15, -0.1) is 0 Å². The highest BCUT2D eigenvalue weighted by molar-refractivity contribution is 6.05. The van der Waals surface area contributed by atoms with E-state index in [4.69, 9.17) is 15.6 Å². The summed E-state index contributed by atoms with van der Waals surface area (Å²) >= 11 is 0. The Bertz CT molecular complexity index is 1100. The summed E-state index contributed by atoms with van der Waals surface area (Å²) in [5, 5.41) is 18.3. The van der Waals surface area contributed by atoms with Crippen molar-refractivity contribution in [3.05, 3.63) is 77.9 Å². The fourth-order valence-electron chi connectivity index (χ4n) is 2.69. The van der Waals surface area contributed by atoms with Crippen LogP contribution in [0.3, 0.4) is 0 Å². The summed E-state index contributed by atoms with van der Waals surface area (Å²) in [7, 11) is 0. The number of carbonyl (C=O) groups excluding carboxylic acids is 1. The van der Waals surface area contributed by atoms with Crippen LogP contribution in [0.25, 0.3) is 0 Å². The Morgan fingerprint density at radius 2 is 2.00 bits per heavy atom. The molecule has 3 aromatic rings. The van der Waals surface area contributed by atoms with Gasteiger partial charge in [0, 0.05) is 18.3 Å². The molecule has 3 N–H and O–H groups in total. The summed E-state index contributed by atoms with van der Waals surface area (Å²) in [6.07, 6.45) is 2.60. The zero-order chi connectivity index (χ0) is 22.4. The molecule has 158 valence electrons. The summed E-state index contributed by atoms with van der Waals surface area (Å²) in [5.41, 5.74) is 0.0433. The second-order valence-electron chi connectivity index (χ2n) is 6.75. The van der Waals surface area contributed by atoms with Gasteiger partial charge in [0.2, 0.25) is 5.88 Å². The minimum Gasteiger partial charge on any atom is -0.439 e. The average Bonchev–Trinajstić information content (AvgIpc) is 2.76. The van der Waals surface area contributed by atoms with Crippen molar-refractivity contribution in [3.63, 3.8) is 0 Å². The number of benzene rings is 1. The van der Waals surface area contributed by atoms with E-state index in [0.717, 1.165) is 12.4 Å². The summed E-state index contributed by atoms with van der Waals surface area (Å²) < 4.78 is 19.8. The van der Waals surface area contributed by atoms with Gasteiger partial charge in [-0.05, 0) is 50.2 Å². The van der Waals surface area contributed by atoms with Gasteiger partial charge >= 0.3 is 0 Å². The second kappa shape index (κ2) is 9.57. The summed E-state index contributed by atoms with van der Waals surface area (Å²) in [5.74, 6) is -0.701. The van der Waals surface area contributed by atoms with Crippen molar-refractivity contribution in [1.82, 2.24) is 14.9 Å². The van der Waals surface area contributed by atoms with Gasteiger partial charge in [-0.25, -0.2) is 14.4 Å². The molecular formula is C22H21FN6O2. The molecule has 0 atom stereocenters. The van der Waals surface area contributed by atoms with Crippen molar-refractivity contribution in [1.29, 1.82) is 10.8 Å². The number of hydrogen-bond donors (Lipinski definition) is 3. The van der Waals surface area contributed by atoms with E-state index in [9.17, 15) is 9.18 Å². The number of halogens is 1. The van der Waals surface area contributed by atoms with Crippen LogP contribution in [0.2, 0.25) is 0 Å². The van der Waals surface area contributed by atoms with Crippen LogP contribution in [0.1, 0.15) is 29.9 Å². The summed E-state index contributed by atoms with van der Waals surface area (Å²) in [6, 6.07) is 13.6. The van der Waals surface area contributed by atoms with E-state index in [1.165, 1.54) is 23.1 Å². The maximum Gasteiger partial charge on any atom is 0.259 e. The molecule has 1 aromatic carbocycles. The molecule has 3 rings (SSSR count). The van der Waals surface area contributed by atoms with Crippen molar-refractivity contribution in [2.24, 2.45) is 0 Å². The standard InChI is InChI=1S/C22H21FN6O2/c1-14(2)29(13-24)21(25)18-6-5-7-19(27-18)28-22(30)16-12-15(9-10-17(16)23)31-20-8-3-4-11-26-20/h3-14,24-25H,1-2H3,(H,27,28,30). The highest BCUT2D eigenvalue weighted by atomic mass is 19.1. The Morgan fingerprint density at radius 1 is 1.19 bits per heavy atom. The summed E-state index contributed by atoms with van der Waals surface area (Å²) in [4.78, 5) is 22.4. The van der Waals surface area contributed by atoms with Gasteiger partial charge in [0.15, 0.2) is 5.84 Å². The van der Waals surface area contributed by atoms with Crippen molar-refractivity contribution in [2.75, 3.05) is 5.32 Å². The van der Waals surface area contributed by atoms with E-state index < -0.39 is 11.7 Å². The Morgan fingerprint density at radius 3 is 2.68 bits per heavy atom. The van der Waals surface area contributed by atoms with Crippen molar-refractivity contribution >= 4 is 23.9 Å². The molecule has 0 saturated heterocycles. The normalized spacial score (nSPS) is 10.5. The van der Waals surface area contributed by atoms with Gasteiger partial charge in [0.1, 0.15) is 23.1 Å². The van der Waals surface area contributed by atoms with Gasteiger partial charge in [-0.3, -0.25) is 15.6 Å². The van der Waals surface area contributed by atoms with E-state index >= 15 is 0 Å². The lowest BCUT2D eigenvalue weighted by molar-refractivity contribution is 0.102. The van der Waals surface area contributed by atoms with Crippen molar-refractivity contribution < 1.29 is 13.9 Å². The maximum atomic E-state index is 14.3.